The maximum Gasteiger partial charge on any atom is 0.246 e. The summed E-state index contributed by atoms with van der Waals surface area (Å²) in [6, 6.07) is 27.7. The number of benzene rings is 3. The summed E-state index contributed by atoms with van der Waals surface area (Å²) < 4.78 is 54.5. The molecule has 0 spiro atoms. The van der Waals surface area contributed by atoms with Crippen molar-refractivity contribution in [3.05, 3.63) is 125 Å². The minimum atomic E-state index is -0.864. The number of nitrogens with two attached hydrogens (primary N) is 1. The van der Waals surface area contributed by atoms with Gasteiger partial charge >= 0.3 is 0 Å². The molecule has 1 aliphatic carbocycles. The van der Waals surface area contributed by atoms with E-state index < -0.39 is 30.0 Å². The van der Waals surface area contributed by atoms with Gasteiger partial charge in [0.05, 0.1) is 125 Å². The Labute approximate surface area is 437 Å². The van der Waals surface area contributed by atoms with Gasteiger partial charge < -0.3 is 74.2 Å². The summed E-state index contributed by atoms with van der Waals surface area (Å²) in [6.07, 6.45) is 6.40. The van der Waals surface area contributed by atoms with Gasteiger partial charge in [-0.1, -0.05) is 78.9 Å². The van der Waals surface area contributed by atoms with Crippen LogP contribution in [0.2, 0.25) is 0 Å². The molecule has 3 amide bonds. The van der Waals surface area contributed by atoms with Crippen molar-refractivity contribution >= 4 is 17.7 Å². The molecule has 19 heteroatoms. The Kier molecular flexibility index (Phi) is 32.6. The van der Waals surface area contributed by atoms with E-state index in [4.69, 9.17) is 53.1 Å². The summed E-state index contributed by atoms with van der Waals surface area (Å²) in [5.74, 6) is -0.528. The van der Waals surface area contributed by atoms with E-state index >= 15 is 0 Å². The van der Waals surface area contributed by atoms with E-state index in [0.717, 1.165) is 28.0 Å². The number of amides is 3. The zero-order valence-corrected chi connectivity index (χ0v) is 43.2. The summed E-state index contributed by atoms with van der Waals surface area (Å²) in [5, 5.41) is 21.9. The van der Waals surface area contributed by atoms with Gasteiger partial charge in [-0.3, -0.25) is 19.7 Å². The highest BCUT2D eigenvalue weighted by Gasteiger charge is 2.36. The molecule has 0 saturated heterocycles. The highest BCUT2D eigenvalue weighted by molar-refractivity contribution is 5.89. The van der Waals surface area contributed by atoms with Crippen LogP contribution in [0.4, 0.5) is 0 Å². The van der Waals surface area contributed by atoms with Gasteiger partial charge in [-0.15, -0.1) is 0 Å². The van der Waals surface area contributed by atoms with Gasteiger partial charge in [0.25, 0.3) is 0 Å². The molecule has 19 nitrogen and oxygen atoms in total. The van der Waals surface area contributed by atoms with Gasteiger partial charge in [-0.2, -0.15) is 0 Å². The van der Waals surface area contributed by atoms with Crippen molar-refractivity contribution in [1.29, 1.82) is 0 Å². The van der Waals surface area contributed by atoms with Crippen LogP contribution in [0.1, 0.15) is 48.8 Å². The van der Waals surface area contributed by atoms with Gasteiger partial charge in [0, 0.05) is 18.8 Å². The first kappa shape index (κ1) is 61.4. The maximum atomic E-state index is 13.7. The molecule has 0 aliphatic heterocycles. The van der Waals surface area contributed by atoms with Crippen molar-refractivity contribution in [1.82, 2.24) is 21.3 Å². The van der Waals surface area contributed by atoms with E-state index in [1.165, 1.54) is 0 Å². The number of aliphatic hydroxyl groups excluding tert-OH is 1. The lowest BCUT2D eigenvalue weighted by Crippen LogP contribution is -2.48. The zero-order chi connectivity index (χ0) is 52.6. The highest BCUT2D eigenvalue weighted by Crippen LogP contribution is 2.37. The van der Waals surface area contributed by atoms with Crippen LogP contribution in [0.25, 0.3) is 0 Å². The summed E-state index contributed by atoms with van der Waals surface area (Å²) in [7, 11) is 1.65. The first-order valence-electron chi connectivity index (χ1n) is 25.7. The average Bonchev–Trinajstić information content (AvgIpc) is 3.43. The summed E-state index contributed by atoms with van der Waals surface area (Å²) in [6.45, 7) is 7.71. The number of unbranched alkanes of at least 4 members (excludes halogenated alkanes) is 1. The third-order valence-corrected chi connectivity index (χ3v) is 11.5. The number of ether oxygens (including phenoxy) is 10. The van der Waals surface area contributed by atoms with Gasteiger partial charge in [0.2, 0.25) is 17.7 Å². The summed E-state index contributed by atoms with van der Waals surface area (Å²) in [5.41, 5.74) is 9.42. The third-order valence-electron chi connectivity index (χ3n) is 11.5. The van der Waals surface area contributed by atoms with E-state index in [9.17, 15) is 19.5 Å². The average molecular weight is 1040 g/mol. The van der Waals surface area contributed by atoms with Crippen molar-refractivity contribution in [2.45, 2.75) is 43.7 Å². The zero-order valence-electron chi connectivity index (χ0n) is 43.2. The van der Waals surface area contributed by atoms with Crippen LogP contribution in [0, 0.1) is 0 Å². The van der Waals surface area contributed by atoms with Crippen molar-refractivity contribution < 1.29 is 66.9 Å². The molecule has 3 aromatic carbocycles. The SMILES string of the molecule is COc1ccc(C(NCCCC[C@H](NC(=O)COCC(=O)NCCOCCOCCOCCOCCOCCOCCOCCOCCN)C(=O)NC2=CC=C(CO)CC2)(c2ccccc2)c2ccccc2)cc1. The number of methoxy groups -OCH3 is 1. The fraction of sp³-hybridized carbons (Fsp3) is 0.545. The van der Waals surface area contributed by atoms with Gasteiger partial charge in [0.1, 0.15) is 25.0 Å². The van der Waals surface area contributed by atoms with Crippen molar-refractivity contribution in [3.63, 3.8) is 0 Å². The van der Waals surface area contributed by atoms with E-state index in [0.29, 0.717) is 150 Å². The molecule has 7 N–H and O–H groups in total. The standard InChI is InChI=1S/C55H81N5O14/c1-65-50-21-17-48(18-22-50)55(46-10-4-2-5-11-46,47-12-6-3-7-13-47)58-24-9-8-14-51(54(64)59-49-19-15-45(42-61)16-20-49)60-53(63)44-74-43-52(62)57-25-27-67-29-31-69-33-35-71-37-39-73-41-40-72-38-36-70-34-32-68-30-28-66-26-23-56/h2-7,10-13,15,17-19,21-22,51,58,61H,8-9,14,16,20,23-44,56H2,1H3,(H,57,62)(H,59,64)(H,60,63)/t51-/m0/s1. The molecule has 3 aromatic rings. The molecular weight excluding hydrogens is 955 g/mol. The molecule has 0 heterocycles. The van der Waals surface area contributed by atoms with Crippen LogP contribution in [0.5, 0.6) is 5.75 Å². The molecular formula is C55H81N5O14. The van der Waals surface area contributed by atoms with Gasteiger partial charge in [-0.05, 0) is 79.1 Å². The van der Waals surface area contributed by atoms with Crippen molar-refractivity contribution in [3.8, 4) is 5.75 Å². The Morgan fingerprint density at radius 2 is 1.05 bits per heavy atom. The Hall–Kier alpha value is -5.13. The number of carbonyl (C=O) groups is 3. The second-order valence-electron chi connectivity index (χ2n) is 16.9. The lowest BCUT2D eigenvalue weighted by Gasteiger charge is -2.37. The molecule has 410 valence electrons. The fourth-order valence-corrected chi connectivity index (χ4v) is 7.71. The largest absolute Gasteiger partial charge is 0.497 e. The number of hydrogen-bond acceptors (Lipinski definition) is 16. The number of carbonyl (C=O) groups excluding carboxylic acids is 3. The summed E-state index contributed by atoms with van der Waals surface area (Å²) >= 11 is 0. The van der Waals surface area contributed by atoms with Crippen LogP contribution >= 0.6 is 0 Å². The second kappa shape index (κ2) is 39.3. The number of nitrogens with one attached hydrogen (secondary N) is 4. The molecule has 1 atom stereocenters. The molecule has 0 radical (unpaired) electrons. The van der Waals surface area contributed by atoms with E-state index in [1.54, 1.807) is 19.3 Å². The monoisotopic (exact) mass is 1040 g/mol. The molecule has 0 unspecified atom stereocenters. The Morgan fingerprint density at radius 3 is 1.53 bits per heavy atom. The Balaban J connectivity index is 1.08. The molecule has 4 rings (SSSR count). The lowest BCUT2D eigenvalue weighted by molar-refractivity contribution is -0.134. The molecule has 0 aromatic heterocycles. The van der Waals surface area contributed by atoms with Crippen LogP contribution in [-0.4, -0.2) is 181 Å². The minimum Gasteiger partial charge on any atom is -0.497 e. The fourth-order valence-electron chi connectivity index (χ4n) is 7.71. The van der Waals surface area contributed by atoms with Crippen LogP contribution < -0.4 is 31.7 Å². The van der Waals surface area contributed by atoms with Crippen molar-refractivity contribution in [2.75, 3.05) is 152 Å². The number of allylic oxidation sites excluding steroid dienone is 3. The Bertz CT molecular complexity index is 1970. The maximum absolute atomic E-state index is 13.7. The molecule has 1 aliphatic rings. The second-order valence-corrected chi connectivity index (χ2v) is 16.9. The Morgan fingerprint density at radius 1 is 0.568 bits per heavy atom. The predicted octanol–water partition coefficient (Wildman–Crippen LogP) is 3.17. The van der Waals surface area contributed by atoms with Crippen LogP contribution in [0.15, 0.2) is 108 Å². The number of hydrogen-bond donors (Lipinski definition) is 6. The van der Waals surface area contributed by atoms with Crippen LogP contribution in [0.3, 0.4) is 0 Å². The molecule has 74 heavy (non-hydrogen) atoms. The van der Waals surface area contributed by atoms with E-state index in [-0.39, 0.29) is 32.3 Å². The van der Waals surface area contributed by atoms with Crippen LogP contribution in [-0.2, 0) is 62.6 Å². The van der Waals surface area contributed by atoms with E-state index in [1.807, 2.05) is 48.5 Å². The first-order chi connectivity index (χ1) is 36.4. The molecule has 0 saturated carbocycles. The smallest absolute Gasteiger partial charge is 0.246 e. The quantitative estimate of drug-likeness (QED) is 0.0353. The number of rotatable bonds is 44. The normalized spacial score (nSPS) is 13.0. The number of aliphatic hydroxyl groups is 1. The minimum absolute atomic E-state index is 0.0424. The highest BCUT2D eigenvalue weighted by atomic mass is 16.6. The lowest BCUT2D eigenvalue weighted by atomic mass is 9.77. The van der Waals surface area contributed by atoms with Gasteiger partial charge in [-0.25, -0.2) is 0 Å². The first-order valence-corrected chi connectivity index (χ1v) is 25.7. The third kappa shape index (κ3) is 24.9. The topological polar surface area (TPSA) is 238 Å². The molecule has 0 bridgehead atoms. The van der Waals surface area contributed by atoms with Crippen molar-refractivity contribution in [2.24, 2.45) is 5.73 Å². The summed E-state index contributed by atoms with van der Waals surface area (Å²) in [4.78, 5) is 39.3. The predicted molar refractivity (Wildman–Crippen MR) is 280 cm³/mol. The van der Waals surface area contributed by atoms with E-state index in [2.05, 4.69) is 57.7 Å². The van der Waals surface area contributed by atoms with Gasteiger partial charge in [0.15, 0.2) is 0 Å². The molecule has 0 fully saturated rings.